The van der Waals surface area contributed by atoms with Crippen molar-refractivity contribution in [2.75, 3.05) is 6.54 Å². The van der Waals surface area contributed by atoms with Gasteiger partial charge in [-0.25, -0.2) is 0 Å². The first-order valence-corrected chi connectivity index (χ1v) is 4.13. The summed E-state index contributed by atoms with van der Waals surface area (Å²) < 4.78 is 0. The Bertz CT molecular complexity index is 403. The lowest BCUT2D eigenvalue weighted by Crippen LogP contribution is -2.23. The predicted molar refractivity (Wildman–Crippen MR) is 53.4 cm³/mol. The fourth-order valence-electron chi connectivity index (χ4n) is 0.919. The minimum Gasteiger partial charge on any atom is -0.349 e. The number of carbonyl (C=O) groups is 1. The zero-order chi connectivity index (χ0) is 11.3. The normalized spacial score (nSPS) is 9.33. The minimum absolute atomic E-state index is 0.158. The third-order valence-corrected chi connectivity index (χ3v) is 1.60. The second-order valence-corrected chi connectivity index (χ2v) is 2.69. The van der Waals surface area contributed by atoms with E-state index in [2.05, 4.69) is 16.9 Å². The topological polar surface area (TPSA) is 85.1 Å². The molecule has 1 heterocycles. The van der Waals surface area contributed by atoms with Gasteiger partial charge >= 0.3 is 0 Å². The average molecular weight is 207 g/mol. The van der Waals surface area contributed by atoms with E-state index in [-0.39, 0.29) is 11.3 Å². The van der Waals surface area contributed by atoms with Crippen LogP contribution in [0.4, 0.5) is 5.69 Å². The van der Waals surface area contributed by atoms with Crippen LogP contribution in [0, 0.1) is 10.1 Å². The van der Waals surface area contributed by atoms with Gasteiger partial charge in [0.05, 0.1) is 10.5 Å². The highest BCUT2D eigenvalue weighted by Gasteiger charge is 2.11. The summed E-state index contributed by atoms with van der Waals surface area (Å²) in [6.07, 6.45) is 3.87. The maximum atomic E-state index is 11.4. The standard InChI is InChI=1S/C9H9N3O3/c1-2-3-11-9(13)7-4-8(12(14)15)6-10-5-7/h2,4-6H,1,3H2,(H,11,13). The van der Waals surface area contributed by atoms with E-state index in [9.17, 15) is 14.9 Å². The Morgan fingerprint density at radius 1 is 1.67 bits per heavy atom. The molecule has 78 valence electrons. The quantitative estimate of drug-likeness (QED) is 0.451. The number of rotatable bonds is 4. The molecule has 1 aromatic rings. The Morgan fingerprint density at radius 2 is 2.40 bits per heavy atom. The highest BCUT2D eigenvalue weighted by Crippen LogP contribution is 2.10. The third kappa shape index (κ3) is 2.87. The Morgan fingerprint density at radius 3 is 3.00 bits per heavy atom. The fraction of sp³-hybridized carbons (Fsp3) is 0.111. The van der Waals surface area contributed by atoms with Crippen LogP contribution in [0.15, 0.2) is 31.1 Å². The first kappa shape index (κ1) is 10.8. The molecule has 15 heavy (non-hydrogen) atoms. The Hall–Kier alpha value is -2.24. The summed E-state index contributed by atoms with van der Waals surface area (Å²) >= 11 is 0. The van der Waals surface area contributed by atoms with Gasteiger partial charge in [-0.15, -0.1) is 6.58 Å². The van der Waals surface area contributed by atoms with Gasteiger partial charge in [0.25, 0.3) is 11.6 Å². The largest absolute Gasteiger partial charge is 0.349 e. The van der Waals surface area contributed by atoms with Crippen molar-refractivity contribution in [3.63, 3.8) is 0 Å². The van der Waals surface area contributed by atoms with E-state index in [0.717, 1.165) is 6.20 Å². The van der Waals surface area contributed by atoms with Crippen LogP contribution in [0.3, 0.4) is 0 Å². The van der Waals surface area contributed by atoms with Gasteiger partial charge in [-0.1, -0.05) is 6.08 Å². The Labute approximate surface area is 85.8 Å². The lowest BCUT2D eigenvalue weighted by atomic mass is 10.2. The smallest absolute Gasteiger partial charge is 0.288 e. The van der Waals surface area contributed by atoms with Crippen LogP contribution in [0.2, 0.25) is 0 Å². The van der Waals surface area contributed by atoms with Gasteiger partial charge in [-0.3, -0.25) is 19.9 Å². The van der Waals surface area contributed by atoms with Crippen LogP contribution in [0.5, 0.6) is 0 Å². The molecule has 6 nitrogen and oxygen atoms in total. The Balaban J connectivity index is 2.85. The molecule has 1 N–H and O–H groups in total. The number of nitrogens with zero attached hydrogens (tertiary/aromatic N) is 2. The average Bonchev–Trinajstić information content (AvgIpc) is 2.26. The maximum absolute atomic E-state index is 11.4. The summed E-state index contributed by atoms with van der Waals surface area (Å²) in [4.78, 5) is 24.8. The molecule has 1 aromatic heterocycles. The molecule has 0 aliphatic carbocycles. The van der Waals surface area contributed by atoms with E-state index in [4.69, 9.17) is 0 Å². The molecule has 0 aromatic carbocycles. The molecule has 0 radical (unpaired) electrons. The van der Waals surface area contributed by atoms with Crippen molar-refractivity contribution in [1.82, 2.24) is 10.3 Å². The molecule has 6 heteroatoms. The highest BCUT2D eigenvalue weighted by atomic mass is 16.6. The second kappa shape index (κ2) is 4.85. The maximum Gasteiger partial charge on any atom is 0.288 e. The molecule has 1 rings (SSSR count). The zero-order valence-corrected chi connectivity index (χ0v) is 7.84. The van der Waals surface area contributed by atoms with E-state index in [1.54, 1.807) is 0 Å². The minimum atomic E-state index is -0.600. The second-order valence-electron chi connectivity index (χ2n) is 2.69. The number of pyridine rings is 1. The number of amides is 1. The summed E-state index contributed by atoms with van der Waals surface area (Å²) in [5, 5.41) is 12.9. The van der Waals surface area contributed by atoms with Crippen LogP contribution in [0.1, 0.15) is 10.4 Å². The van der Waals surface area contributed by atoms with E-state index >= 15 is 0 Å². The van der Waals surface area contributed by atoms with Gasteiger partial charge in [0.2, 0.25) is 0 Å². The number of nitrogens with one attached hydrogen (secondary N) is 1. The van der Waals surface area contributed by atoms with Crippen molar-refractivity contribution < 1.29 is 9.72 Å². The number of hydrogen-bond acceptors (Lipinski definition) is 4. The van der Waals surface area contributed by atoms with Crippen molar-refractivity contribution in [3.05, 3.63) is 46.8 Å². The van der Waals surface area contributed by atoms with Crippen molar-refractivity contribution >= 4 is 11.6 Å². The summed E-state index contributed by atoms with van der Waals surface area (Å²) in [6, 6.07) is 1.17. The molecule has 1 amide bonds. The number of carbonyl (C=O) groups excluding carboxylic acids is 1. The number of hydrogen-bond donors (Lipinski definition) is 1. The van der Waals surface area contributed by atoms with Crippen molar-refractivity contribution in [3.8, 4) is 0 Å². The zero-order valence-electron chi connectivity index (χ0n) is 7.84. The van der Waals surface area contributed by atoms with Crippen LogP contribution >= 0.6 is 0 Å². The number of aromatic nitrogens is 1. The van der Waals surface area contributed by atoms with Crippen molar-refractivity contribution in [2.45, 2.75) is 0 Å². The lowest BCUT2D eigenvalue weighted by Gasteiger charge is -2.00. The van der Waals surface area contributed by atoms with Gasteiger partial charge in [0.1, 0.15) is 6.20 Å². The summed E-state index contributed by atoms with van der Waals surface area (Å²) in [5.41, 5.74) is -0.0488. The molecule has 0 spiro atoms. The molecule has 0 saturated carbocycles. The fourth-order valence-corrected chi connectivity index (χ4v) is 0.919. The van der Waals surface area contributed by atoms with Gasteiger partial charge in [0.15, 0.2) is 0 Å². The molecule has 0 saturated heterocycles. The van der Waals surface area contributed by atoms with E-state index in [0.29, 0.717) is 6.54 Å². The molecular weight excluding hydrogens is 198 g/mol. The predicted octanol–water partition coefficient (Wildman–Crippen LogP) is 0.906. The van der Waals surface area contributed by atoms with Crippen LogP contribution in [-0.4, -0.2) is 22.4 Å². The van der Waals surface area contributed by atoms with E-state index in [1.165, 1.54) is 18.3 Å². The van der Waals surface area contributed by atoms with Crippen LogP contribution < -0.4 is 5.32 Å². The Kier molecular flexibility index (Phi) is 3.50. The van der Waals surface area contributed by atoms with E-state index < -0.39 is 10.8 Å². The summed E-state index contributed by atoms with van der Waals surface area (Å²) in [7, 11) is 0. The molecule has 0 unspecified atom stereocenters. The SMILES string of the molecule is C=CCNC(=O)c1cncc([N+](=O)[O-])c1. The van der Waals surface area contributed by atoms with Crippen LogP contribution in [-0.2, 0) is 0 Å². The first-order valence-electron chi connectivity index (χ1n) is 4.13. The molecule has 0 bridgehead atoms. The molecular formula is C9H9N3O3. The summed E-state index contributed by atoms with van der Waals surface area (Å²) in [5.74, 6) is -0.411. The third-order valence-electron chi connectivity index (χ3n) is 1.60. The van der Waals surface area contributed by atoms with Gasteiger partial charge < -0.3 is 5.32 Å². The monoisotopic (exact) mass is 207 g/mol. The summed E-state index contributed by atoms with van der Waals surface area (Å²) in [6.45, 7) is 3.74. The van der Waals surface area contributed by atoms with Crippen molar-refractivity contribution in [1.29, 1.82) is 0 Å². The van der Waals surface area contributed by atoms with Gasteiger partial charge in [0, 0.05) is 18.8 Å². The first-order chi connectivity index (χ1) is 7.15. The molecule has 0 aliphatic heterocycles. The molecule has 0 aliphatic rings. The number of nitro groups is 1. The van der Waals surface area contributed by atoms with E-state index in [1.807, 2.05) is 0 Å². The highest BCUT2D eigenvalue weighted by molar-refractivity contribution is 5.94. The molecule has 0 fully saturated rings. The van der Waals surface area contributed by atoms with Crippen LogP contribution in [0.25, 0.3) is 0 Å². The van der Waals surface area contributed by atoms with Gasteiger partial charge in [-0.2, -0.15) is 0 Å². The van der Waals surface area contributed by atoms with Crippen molar-refractivity contribution in [2.24, 2.45) is 0 Å². The molecule has 0 atom stereocenters. The van der Waals surface area contributed by atoms with Gasteiger partial charge in [-0.05, 0) is 0 Å². The lowest BCUT2D eigenvalue weighted by molar-refractivity contribution is -0.385.